The lowest BCUT2D eigenvalue weighted by Crippen LogP contribution is -2.54. The van der Waals surface area contributed by atoms with Crippen molar-refractivity contribution in [1.29, 1.82) is 0 Å². The van der Waals surface area contributed by atoms with E-state index in [1.165, 1.54) is 11.8 Å². The fraction of sp³-hybridized carbons (Fsp3) is 0.538. The lowest BCUT2D eigenvalue weighted by Gasteiger charge is -2.32. The van der Waals surface area contributed by atoms with Gasteiger partial charge in [-0.1, -0.05) is 44.2 Å². The number of ketones is 1. The summed E-state index contributed by atoms with van der Waals surface area (Å²) in [6.45, 7) is 5.31. The first-order valence-electron chi connectivity index (χ1n) is 12.7. The molecular weight excluding hydrogens is 494 g/mol. The van der Waals surface area contributed by atoms with Gasteiger partial charge in [0, 0.05) is 25.4 Å². The summed E-state index contributed by atoms with van der Waals surface area (Å²) in [5.74, 6) is -3.75. The molecule has 2 rings (SSSR count). The molecule has 0 saturated carbocycles. The Bertz CT molecular complexity index is 1020. The Balaban J connectivity index is 1.88. The molecule has 12 heteroatoms. The van der Waals surface area contributed by atoms with Crippen LogP contribution in [0.3, 0.4) is 0 Å². The SMILES string of the molecule is CC(C)C[C@H](NC(=O)O)C(=O)NC(C)C(=O)C(=O)N1CCC(C(=O)N[C@@H](Cc2ccccc2)C(N)=O)CC1. The Morgan fingerprint density at radius 2 is 1.55 bits per heavy atom. The number of primary amides is 1. The van der Waals surface area contributed by atoms with Crippen LogP contribution in [0.5, 0.6) is 0 Å². The van der Waals surface area contributed by atoms with Crippen LogP contribution >= 0.6 is 0 Å². The van der Waals surface area contributed by atoms with Crippen LogP contribution in [-0.2, 0) is 30.4 Å². The van der Waals surface area contributed by atoms with E-state index in [-0.39, 0.29) is 37.8 Å². The van der Waals surface area contributed by atoms with Gasteiger partial charge < -0.3 is 31.7 Å². The molecule has 1 aromatic rings. The number of nitrogens with zero attached hydrogens (tertiary/aromatic N) is 1. The van der Waals surface area contributed by atoms with E-state index in [1.807, 2.05) is 44.2 Å². The Hall–Kier alpha value is -3.96. The lowest BCUT2D eigenvalue weighted by molar-refractivity contribution is -0.147. The maximum absolute atomic E-state index is 12.8. The number of piperidine rings is 1. The third-order valence-corrected chi connectivity index (χ3v) is 6.38. The molecule has 3 atom stereocenters. The van der Waals surface area contributed by atoms with Crippen molar-refractivity contribution in [1.82, 2.24) is 20.9 Å². The molecule has 6 N–H and O–H groups in total. The van der Waals surface area contributed by atoms with E-state index in [0.29, 0.717) is 12.8 Å². The number of carbonyl (C=O) groups is 6. The zero-order chi connectivity index (χ0) is 28.4. The van der Waals surface area contributed by atoms with E-state index < -0.39 is 53.6 Å². The minimum atomic E-state index is -1.37. The van der Waals surface area contributed by atoms with Crippen LogP contribution in [-0.4, -0.2) is 76.7 Å². The molecule has 208 valence electrons. The highest BCUT2D eigenvalue weighted by atomic mass is 16.4. The van der Waals surface area contributed by atoms with E-state index in [0.717, 1.165) is 5.56 Å². The largest absolute Gasteiger partial charge is 0.465 e. The lowest BCUT2D eigenvalue weighted by atomic mass is 9.94. The van der Waals surface area contributed by atoms with Gasteiger partial charge in [-0.25, -0.2) is 4.79 Å². The smallest absolute Gasteiger partial charge is 0.405 e. The summed E-state index contributed by atoms with van der Waals surface area (Å²) in [5.41, 5.74) is 6.33. The average Bonchev–Trinajstić information content (AvgIpc) is 2.87. The first-order valence-corrected chi connectivity index (χ1v) is 12.7. The molecule has 1 unspecified atom stereocenters. The van der Waals surface area contributed by atoms with Gasteiger partial charge in [-0.15, -0.1) is 0 Å². The Labute approximate surface area is 221 Å². The third kappa shape index (κ3) is 9.16. The molecule has 1 saturated heterocycles. The predicted octanol–water partition coefficient (Wildman–Crippen LogP) is 0.194. The van der Waals surface area contributed by atoms with Gasteiger partial charge in [0.15, 0.2) is 0 Å². The van der Waals surface area contributed by atoms with Crippen molar-refractivity contribution in [2.75, 3.05) is 13.1 Å². The number of Topliss-reactive ketones (excluding diaryl/α,β-unsaturated/α-hetero) is 1. The molecule has 1 fully saturated rings. The summed E-state index contributed by atoms with van der Waals surface area (Å²) in [7, 11) is 0. The van der Waals surface area contributed by atoms with Crippen molar-refractivity contribution in [3.05, 3.63) is 35.9 Å². The van der Waals surface area contributed by atoms with Gasteiger partial charge in [0.05, 0.1) is 6.04 Å². The first-order chi connectivity index (χ1) is 17.9. The van der Waals surface area contributed by atoms with Crippen LogP contribution in [0.15, 0.2) is 30.3 Å². The first kappa shape index (κ1) is 30.3. The number of carboxylic acid groups (broad SMARTS) is 1. The molecule has 1 aromatic carbocycles. The van der Waals surface area contributed by atoms with E-state index in [9.17, 15) is 28.8 Å². The number of nitrogens with one attached hydrogen (secondary N) is 3. The Morgan fingerprint density at radius 3 is 2.08 bits per heavy atom. The standard InChI is InChI=1S/C26H37N5O7/c1-15(2)13-20(30-26(37)38)24(35)28-16(3)21(32)25(36)31-11-9-18(10-12-31)23(34)29-19(22(27)33)14-17-7-5-4-6-8-17/h4-8,15-16,18-20,30H,9-14H2,1-3H3,(H2,27,33)(H,28,35)(H,29,34)(H,37,38)/t16?,19-,20-/m0/s1. The Morgan fingerprint density at radius 1 is 0.947 bits per heavy atom. The highest BCUT2D eigenvalue weighted by Gasteiger charge is 2.34. The van der Waals surface area contributed by atoms with E-state index in [4.69, 9.17) is 10.8 Å². The molecule has 0 aliphatic carbocycles. The molecule has 5 amide bonds. The second-order valence-electron chi connectivity index (χ2n) is 9.95. The van der Waals surface area contributed by atoms with E-state index >= 15 is 0 Å². The van der Waals surface area contributed by atoms with Gasteiger partial charge in [-0.3, -0.25) is 24.0 Å². The van der Waals surface area contributed by atoms with Crippen molar-refractivity contribution < 1.29 is 33.9 Å². The van der Waals surface area contributed by atoms with Gasteiger partial charge in [0.2, 0.25) is 23.5 Å². The minimum Gasteiger partial charge on any atom is -0.465 e. The van der Waals surface area contributed by atoms with Gasteiger partial charge in [-0.2, -0.15) is 0 Å². The molecule has 1 aliphatic rings. The van der Waals surface area contributed by atoms with E-state index in [2.05, 4.69) is 16.0 Å². The molecule has 12 nitrogen and oxygen atoms in total. The Kier molecular flexibility index (Phi) is 11.2. The summed E-state index contributed by atoms with van der Waals surface area (Å²) >= 11 is 0. The van der Waals surface area contributed by atoms with Crippen LogP contribution in [0.4, 0.5) is 4.79 Å². The molecular formula is C26H37N5O7. The molecule has 0 spiro atoms. The van der Waals surface area contributed by atoms with Crippen molar-refractivity contribution in [3.63, 3.8) is 0 Å². The van der Waals surface area contributed by atoms with Gasteiger partial charge in [-0.05, 0) is 37.7 Å². The molecule has 38 heavy (non-hydrogen) atoms. The van der Waals surface area contributed by atoms with Crippen molar-refractivity contribution in [3.8, 4) is 0 Å². The second-order valence-corrected chi connectivity index (χ2v) is 9.95. The van der Waals surface area contributed by atoms with Crippen LogP contribution in [0.25, 0.3) is 0 Å². The maximum atomic E-state index is 12.8. The average molecular weight is 532 g/mol. The topological polar surface area (TPSA) is 188 Å². The van der Waals surface area contributed by atoms with Crippen molar-refractivity contribution in [2.24, 2.45) is 17.6 Å². The normalized spacial score (nSPS) is 16.2. The molecule has 0 radical (unpaired) electrons. The molecule has 1 aliphatic heterocycles. The fourth-order valence-corrected chi connectivity index (χ4v) is 4.28. The van der Waals surface area contributed by atoms with Crippen LogP contribution in [0.1, 0.15) is 45.6 Å². The highest BCUT2D eigenvalue weighted by molar-refractivity contribution is 6.38. The number of rotatable bonds is 12. The number of hydrogen-bond donors (Lipinski definition) is 5. The zero-order valence-electron chi connectivity index (χ0n) is 21.9. The highest BCUT2D eigenvalue weighted by Crippen LogP contribution is 2.18. The summed E-state index contributed by atoms with van der Waals surface area (Å²) in [6.07, 6.45) is -0.292. The number of likely N-dealkylation sites (tertiary alicyclic amines) is 1. The third-order valence-electron chi connectivity index (χ3n) is 6.38. The molecule has 1 heterocycles. The van der Waals surface area contributed by atoms with Crippen LogP contribution in [0.2, 0.25) is 0 Å². The fourth-order valence-electron chi connectivity index (χ4n) is 4.28. The van der Waals surface area contributed by atoms with Gasteiger partial charge in [0.25, 0.3) is 5.91 Å². The summed E-state index contributed by atoms with van der Waals surface area (Å²) in [5, 5.41) is 16.2. The van der Waals surface area contributed by atoms with Gasteiger partial charge in [0.1, 0.15) is 12.1 Å². The maximum Gasteiger partial charge on any atom is 0.405 e. The monoisotopic (exact) mass is 531 g/mol. The number of nitrogens with two attached hydrogens (primary N) is 1. The summed E-state index contributed by atoms with van der Waals surface area (Å²) < 4.78 is 0. The quantitative estimate of drug-likeness (QED) is 0.238. The number of hydrogen-bond acceptors (Lipinski definition) is 6. The molecule has 0 aromatic heterocycles. The number of carbonyl (C=O) groups excluding carboxylic acids is 5. The van der Waals surface area contributed by atoms with E-state index in [1.54, 1.807) is 0 Å². The zero-order valence-corrected chi connectivity index (χ0v) is 21.9. The van der Waals surface area contributed by atoms with Crippen LogP contribution in [0, 0.1) is 11.8 Å². The van der Waals surface area contributed by atoms with Gasteiger partial charge >= 0.3 is 6.09 Å². The minimum absolute atomic E-state index is 0.0142. The van der Waals surface area contributed by atoms with Crippen molar-refractivity contribution in [2.45, 2.75) is 64.6 Å². The summed E-state index contributed by atoms with van der Waals surface area (Å²) in [4.78, 5) is 74.9. The van der Waals surface area contributed by atoms with Crippen LogP contribution < -0.4 is 21.7 Å². The number of benzene rings is 1. The van der Waals surface area contributed by atoms with Crippen molar-refractivity contribution >= 4 is 35.5 Å². The summed E-state index contributed by atoms with van der Waals surface area (Å²) in [6, 6.07) is 6.08. The predicted molar refractivity (Wildman–Crippen MR) is 138 cm³/mol. The number of amides is 5. The second kappa shape index (κ2) is 14.1. The molecule has 0 bridgehead atoms.